The highest BCUT2D eigenvalue weighted by Gasteiger charge is 2.24. The van der Waals surface area contributed by atoms with Crippen LogP contribution in [0.3, 0.4) is 0 Å². The van der Waals surface area contributed by atoms with E-state index in [0.29, 0.717) is 36.0 Å². The fourth-order valence-electron chi connectivity index (χ4n) is 2.02. The van der Waals surface area contributed by atoms with Crippen LogP contribution in [0.1, 0.15) is 24.5 Å². The van der Waals surface area contributed by atoms with Gasteiger partial charge in [0.1, 0.15) is 5.78 Å². The van der Waals surface area contributed by atoms with Crippen molar-refractivity contribution < 1.29 is 19.0 Å². The number of benzene rings is 1. The molecule has 0 N–H and O–H groups in total. The van der Waals surface area contributed by atoms with E-state index in [-0.39, 0.29) is 11.9 Å². The van der Waals surface area contributed by atoms with Crippen LogP contribution in [0.2, 0.25) is 5.02 Å². The molecule has 0 aliphatic carbocycles. The Kier molecular flexibility index (Phi) is 4.09. The van der Waals surface area contributed by atoms with Gasteiger partial charge in [-0.25, -0.2) is 0 Å². The number of rotatable bonds is 3. The molecule has 0 aromatic heterocycles. The zero-order valence-corrected chi connectivity index (χ0v) is 11.1. The van der Waals surface area contributed by atoms with Crippen molar-refractivity contribution in [3.8, 4) is 11.5 Å². The molecular weight excluding hydrogens is 256 g/mol. The van der Waals surface area contributed by atoms with Crippen molar-refractivity contribution in [2.24, 2.45) is 0 Å². The average molecular weight is 271 g/mol. The topological polar surface area (TPSA) is 44.8 Å². The predicted octanol–water partition coefficient (Wildman–Crippen LogP) is 2.78. The first-order valence-electron chi connectivity index (χ1n) is 5.70. The number of halogens is 1. The number of ketones is 1. The maximum Gasteiger partial charge on any atom is 0.179 e. The fraction of sp³-hybridized carbons (Fsp3) is 0.462. The van der Waals surface area contributed by atoms with Crippen LogP contribution >= 0.6 is 11.6 Å². The normalized spacial score (nSPS) is 19.7. The van der Waals surface area contributed by atoms with Gasteiger partial charge < -0.3 is 14.2 Å². The molecule has 0 saturated carbocycles. The maximum absolute atomic E-state index is 11.4. The third-order valence-corrected chi connectivity index (χ3v) is 3.22. The first kappa shape index (κ1) is 13.2. The monoisotopic (exact) mass is 270 g/mol. The molecule has 1 aromatic rings. The lowest BCUT2D eigenvalue weighted by Crippen LogP contribution is -2.19. The van der Waals surface area contributed by atoms with Gasteiger partial charge >= 0.3 is 0 Å². The molecule has 5 heteroatoms. The Morgan fingerprint density at radius 1 is 1.33 bits per heavy atom. The van der Waals surface area contributed by atoms with E-state index >= 15 is 0 Å². The van der Waals surface area contributed by atoms with Crippen LogP contribution in [0.4, 0.5) is 0 Å². The number of methoxy groups -OCH3 is 2. The van der Waals surface area contributed by atoms with Crippen LogP contribution in [0, 0.1) is 0 Å². The molecule has 1 fully saturated rings. The molecule has 1 aromatic carbocycles. The van der Waals surface area contributed by atoms with Gasteiger partial charge in [-0.3, -0.25) is 4.79 Å². The number of hydrogen-bond donors (Lipinski definition) is 0. The molecule has 0 radical (unpaired) electrons. The van der Waals surface area contributed by atoms with Crippen LogP contribution < -0.4 is 9.47 Å². The highest BCUT2D eigenvalue weighted by molar-refractivity contribution is 6.32. The second kappa shape index (κ2) is 5.59. The molecule has 2 rings (SSSR count). The summed E-state index contributed by atoms with van der Waals surface area (Å²) in [5.74, 6) is 1.24. The SMILES string of the molecule is COc1cc(C2CC(=O)CCO2)cc(Cl)c1OC. The Morgan fingerprint density at radius 3 is 2.72 bits per heavy atom. The molecule has 18 heavy (non-hydrogen) atoms. The Hall–Kier alpha value is -1.26. The lowest BCUT2D eigenvalue weighted by molar-refractivity contribution is -0.128. The third-order valence-electron chi connectivity index (χ3n) is 2.94. The number of hydrogen-bond acceptors (Lipinski definition) is 4. The van der Waals surface area contributed by atoms with Crippen LogP contribution in [0.25, 0.3) is 0 Å². The van der Waals surface area contributed by atoms with E-state index in [1.165, 1.54) is 7.11 Å². The van der Waals surface area contributed by atoms with Crippen molar-refractivity contribution in [1.82, 2.24) is 0 Å². The molecule has 1 unspecified atom stereocenters. The predicted molar refractivity (Wildman–Crippen MR) is 67.5 cm³/mol. The molecule has 0 spiro atoms. The van der Waals surface area contributed by atoms with E-state index < -0.39 is 0 Å². The van der Waals surface area contributed by atoms with Crippen molar-refractivity contribution in [3.05, 3.63) is 22.7 Å². The van der Waals surface area contributed by atoms with Crippen LogP contribution in [0.5, 0.6) is 11.5 Å². The zero-order valence-electron chi connectivity index (χ0n) is 10.4. The van der Waals surface area contributed by atoms with E-state index in [2.05, 4.69) is 0 Å². The molecule has 1 saturated heterocycles. The molecule has 0 amide bonds. The van der Waals surface area contributed by atoms with Crippen LogP contribution in [0.15, 0.2) is 12.1 Å². The summed E-state index contributed by atoms with van der Waals surface area (Å²) < 4.78 is 16.0. The molecule has 0 bridgehead atoms. The first-order chi connectivity index (χ1) is 8.65. The van der Waals surface area contributed by atoms with Gasteiger partial charge in [-0.15, -0.1) is 0 Å². The Morgan fingerprint density at radius 2 is 2.11 bits per heavy atom. The lowest BCUT2D eigenvalue weighted by atomic mass is 10.00. The first-order valence-corrected chi connectivity index (χ1v) is 6.08. The van der Waals surface area contributed by atoms with Gasteiger partial charge in [0.05, 0.1) is 32.0 Å². The number of Topliss-reactive ketones (excluding diaryl/α,β-unsaturated/α-hetero) is 1. The van der Waals surface area contributed by atoms with Crippen molar-refractivity contribution in [2.45, 2.75) is 18.9 Å². The van der Waals surface area contributed by atoms with Crippen molar-refractivity contribution in [1.29, 1.82) is 0 Å². The second-order valence-corrected chi connectivity index (χ2v) is 4.50. The van der Waals surface area contributed by atoms with Crippen LogP contribution in [-0.2, 0) is 9.53 Å². The van der Waals surface area contributed by atoms with E-state index in [0.717, 1.165) is 5.56 Å². The van der Waals surface area contributed by atoms with Gasteiger partial charge in [-0.05, 0) is 17.7 Å². The number of ether oxygens (including phenoxy) is 3. The minimum atomic E-state index is -0.247. The lowest BCUT2D eigenvalue weighted by Gasteiger charge is -2.23. The van der Waals surface area contributed by atoms with E-state index in [9.17, 15) is 4.79 Å². The Bertz CT molecular complexity index is 459. The van der Waals surface area contributed by atoms with Gasteiger partial charge in [0.25, 0.3) is 0 Å². The third kappa shape index (κ3) is 2.60. The molecular formula is C13H15ClO4. The van der Waals surface area contributed by atoms with Crippen molar-refractivity contribution in [3.63, 3.8) is 0 Å². The van der Waals surface area contributed by atoms with E-state index in [4.69, 9.17) is 25.8 Å². The fourth-order valence-corrected chi connectivity index (χ4v) is 2.32. The quantitative estimate of drug-likeness (QED) is 0.847. The summed E-state index contributed by atoms with van der Waals surface area (Å²) in [7, 11) is 3.08. The molecule has 1 aliphatic rings. The smallest absolute Gasteiger partial charge is 0.179 e. The highest BCUT2D eigenvalue weighted by Crippen LogP contribution is 2.39. The minimum absolute atomic E-state index is 0.206. The standard InChI is InChI=1S/C13H15ClO4/c1-16-12-6-8(5-10(14)13(12)17-2)11-7-9(15)3-4-18-11/h5-6,11H,3-4,7H2,1-2H3. The number of carbonyl (C=O) groups excluding carboxylic acids is 1. The van der Waals surface area contributed by atoms with Gasteiger partial charge in [0.15, 0.2) is 11.5 Å². The zero-order chi connectivity index (χ0) is 13.1. The van der Waals surface area contributed by atoms with Gasteiger partial charge in [-0.2, -0.15) is 0 Å². The summed E-state index contributed by atoms with van der Waals surface area (Å²) in [6, 6.07) is 3.56. The van der Waals surface area contributed by atoms with E-state index in [1.54, 1.807) is 19.2 Å². The summed E-state index contributed by atoms with van der Waals surface area (Å²) in [6.07, 6.45) is 0.618. The second-order valence-electron chi connectivity index (χ2n) is 4.09. The summed E-state index contributed by atoms with van der Waals surface area (Å²) in [6.45, 7) is 0.454. The maximum atomic E-state index is 11.4. The van der Waals surface area contributed by atoms with Crippen molar-refractivity contribution >= 4 is 17.4 Å². The molecule has 98 valence electrons. The van der Waals surface area contributed by atoms with Gasteiger partial charge in [0.2, 0.25) is 0 Å². The Labute approximate surface area is 111 Å². The van der Waals surface area contributed by atoms with Gasteiger partial charge in [-0.1, -0.05) is 11.6 Å². The summed E-state index contributed by atoms with van der Waals surface area (Å²) in [4.78, 5) is 11.4. The summed E-state index contributed by atoms with van der Waals surface area (Å²) in [5, 5.41) is 0.452. The summed E-state index contributed by atoms with van der Waals surface area (Å²) >= 11 is 6.12. The van der Waals surface area contributed by atoms with Crippen LogP contribution in [-0.4, -0.2) is 26.6 Å². The van der Waals surface area contributed by atoms with Gasteiger partial charge in [0, 0.05) is 12.8 Å². The molecule has 1 aliphatic heterocycles. The Balaban J connectivity index is 2.33. The largest absolute Gasteiger partial charge is 0.493 e. The van der Waals surface area contributed by atoms with E-state index in [1.807, 2.05) is 0 Å². The molecule has 1 atom stereocenters. The minimum Gasteiger partial charge on any atom is -0.493 e. The highest BCUT2D eigenvalue weighted by atomic mass is 35.5. The summed E-state index contributed by atoms with van der Waals surface area (Å²) in [5.41, 5.74) is 0.839. The molecule has 4 nitrogen and oxygen atoms in total. The molecule has 1 heterocycles. The average Bonchev–Trinajstić information content (AvgIpc) is 2.37. The number of carbonyl (C=O) groups is 1. The van der Waals surface area contributed by atoms with Crippen molar-refractivity contribution in [2.75, 3.05) is 20.8 Å².